The molecule has 1 fully saturated rings. The second kappa shape index (κ2) is 8.96. The third-order valence-electron chi connectivity index (χ3n) is 5.66. The van der Waals surface area contributed by atoms with Gasteiger partial charge in [0.15, 0.2) is 0 Å². The molecule has 2 aromatic carbocycles. The van der Waals surface area contributed by atoms with Gasteiger partial charge in [-0.3, -0.25) is 0 Å². The van der Waals surface area contributed by atoms with E-state index < -0.39 is 12.3 Å². The Kier molecular flexibility index (Phi) is 5.72. The molecular weight excluding hydrogens is 414 g/mol. The van der Waals surface area contributed by atoms with Crippen molar-refractivity contribution in [1.29, 1.82) is 0 Å². The maximum absolute atomic E-state index is 12.6. The minimum Gasteiger partial charge on any atom is -0.415 e. The van der Waals surface area contributed by atoms with Crippen LogP contribution in [0.1, 0.15) is 42.7 Å². The van der Waals surface area contributed by atoms with Crippen molar-refractivity contribution in [1.82, 2.24) is 30.5 Å². The lowest BCUT2D eigenvalue weighted by Gasteiger charge is -2.26. The normalized spacial score (nSPS) is 14.1. The number of alkyl halides is 2. The number of nitrogens with one attached hydrogen (secondary N) is 1. The molecule has 4 aromatic rings. The van der Waals surface area contributed by atoms with E-state index in [0.717, 1.165) is 23.4 Å². The largest absolute Gasteiger partial charge is 0.415 e. The standard InChI is InChI=1S/C23H22F2N6O/c24-21(25)23-29-28-22(32-23)18-10-6-16(7-11-18)13-31-14-20(27-30-31)17-8-4-15(5-9-17)12-26-19-2-1-3-19/h4-11,14,19,21,26H,1-3,12-13H2. The van der Waals surface area contributed by atoms with Gasteiger partial charge in [0.05, 0.1) is 12.7 Å². The van der Waals surface area contributed by atoms with Crippen molar-refractivity contribution in [2.45, 2.75) is 44.8 Å². The zero-order valence-electron chi connectivity index (χ0n) is 17.3. The molecule has 5 rings (SSSR count). The Morgan fingerprint density at radius 2 is 1.66 bits per heavy atom. The first-order valence-corrected chi connectivity index (χ1v) is 10.6. The molecule has 2 heterocycles. The number of aromatic nitrogens is 5. The molecule has 0 unspecified atom stereocenters. The van der Waals surface area contributed by atoms with Crippen molar-refractivity contribution in [3.63, 3.8) is 0 Å². The van der Waals surface area contributed by atoms with E-state index in [2.05, 4.69) is 50.1 Å². The zero-order chi connectivity index (χ0) is 21.9. The van der Waals surface area contributed by atoms with E-state index in [9.17, 15) is 8.78 Å². The lowest BCUT2D eigenvalue weighted by atomic mass is 9.93. The third kappa shape index (κ3) is 4.57. The molecule has 1 aliphatic rings. The summed E-state index contributed by atoms with van der Waals surface area (Å²) in [6.45, 7) is 1.42. The summed E-state index contributed by atoms with van der Waals surface area (Å²) < 4.78 is 32.0. The summed E-state index contributed by atoms with van der Waals surface area (Å²) in [4.78, 5) is 0. The van der Waals surface area contributed by atoms with E-state index in [1.165, 1.54) is 24.8 Å². The monoisotopic (exact) mass is 436 g/mol. The quantitative estimate of drug-likeness (QED) is 0.434. The molecular formula is C23H22F2N6O. The van der Waals surface area contributed by atoms with Crippen LogP contribution in [0.4, 0.5) is 8.78 Å². The van der Waals surface area contributed by atoms with Gasteiger partial charge in [-0.25, -0.2) is 4.68 Å². The zero-order valence-corrected chi connectivity index (χ0v) is 17.3. The molecule has 32 heavy (non-hydrogen) atoms. The molecule has 164 valence electrons. The smallest absolute Gasteiger partial charge is 0.314 e. The second-order valence-electron chi connectivity index (χ2n) is 7.95. The molecule has 9 heteroatoms. The van der Waals surface area contributed by atoms with Crippen molar-refractivity contribution < 1.29 is 13.2 Å². The van der Waals surface area contributed by atoms with E-state index in [-0.39, 0.29) is 5.89 Å². The lowest BCUT2D eigenvalue weighted by molar-refractivity contribution is 0.116. The SMILES string of the molecule is FC(F)c1nnc(-c2ccc(Cn3cc(-c4ccc(CNC5CCC5)cc4)nn3)cc2)o1. The fourth-order valence-electron chi connectivity index (χ4n) is 3.56. The van der Waals surface area contributed by atoms with Crippen molar-refractivity contribution in [2.75, 3.05) is 0 Å². The Labute approximate surface area is 183 Å². The summed E-state index contributed by atoms with van der Waals surface area (Å²) >= 11 is 0. The number of hydrogen-bond acceptors (Lipinski definition) is 6. The summed E-state index contributed by atoms with van der Waals surface area (Å²) in [5, 5.41) is 19.1. The maximum atomic E-state index is 12.6. The first-order chi connectivity index (χ1) is 15.6. The van der Waals surface area contributed by atoms with Gasteiger partial charge >= 0.3 is 6.43 Å². The van der Waals surface area contributed by atoms with E-state index in [4.69, 9.17) is 4.42 Å². The number of halogens is 2. The highest BCUT2D eigenvalue weighted by molar-refractivity contribution is 5.58. The van der Waals surface area contributed by atoms with Crippen molar-refractivity contribution in [3.05, 3.63) is 71.7 Å². The maximum Gasteiger partial charge on any atom is 0.314 e. The van der Waals surface area contributed by atoms with E-state index >= 15 is 0 Å². The topological polar surface area (TPSA) is 81.7 Å². The minimum absolute atomic E-state index is 0.0706. The van der Waals surface area contributed by atoms with Crippen molar-refractivity contribution in [3.8, 4) is 22.7 Å². The fraction of sp³-hybridized carbons (Fsp3) is 0.304. The third-order valence-corrected chi connectivity index (χ3v) is 5.66. The predicted octanol–water partition coefficient (Wildman–Crippen LogP) is 4.62. The Morgan fingerprint density at radius 3 is 2.31 bits per heavy atom. The van der Waals surface area contributed by atoms with Gasteiger partial charge < -0.3 is 9.73 Å². The van der Waals surface area contributed by atoms with Crippen LogP contribution in [-0.2, 0) is 13.1 Å². The lowest BCUT2D eigenvalue weighted by Crippen LogP contribution is -2.34. The van der Waals surface area contributed by atoms with Crippen molar-refractivity contribution in [2.24, 2.45) is 0 Å². The molecule has 0 spiro atoms. The highest BCUT2D eigenvalue weighted by Crippen LogP contribution is 2.24. The van der Waals surface area contributed by atoms with Gasteiger partial charge in [0.2, 0.25) is 5.89 Å². The van der Waals surface area contributed by atoms with Gasteiger partial charge in [-0.05, 0) is 36.1 Å². The molecule has 1 aliphatic carbocycles. The van der Waals surface area contributed by atoms with Crippen LogP contribution in [0.5, 0.6) is 0 Å². The van der Waals surface area contributed by atoms with Gasteiger partial charge in [-0.15, -0.1) is 15.3 Å². The highest BCUT2D eigenvalue weighted by Gasteiger charge is 2.17. The summed E-state index contributed by atoms with van der Waals surface area (Å²) in [5.41, 5.74) is 4.65. The first-order valence-electron chi connectivity index (χ1n) is 10.6. The van der Waals surface area contributed by atoms with Crippen molar-refractivity contribution >= 4 is 0 Å². The van der Waals surface area contributed by atoms with Crippen LogP contribution in [0, 0.1) is 0 Å². The van der Waals surface area contributed by atoms with Gasteiger partial charge in [0, 0.05) is 23.7 Å². The molecule has 0 saturated heterocycles. The number of hydrogen-bond donors (Lipinski definition) is 1. The van der Waals surface area contributed by atoms with Crippen LogP contribution in [0.25, 0.3) is 22.7 Å². The van der Waals surface area contributed by atoms with Gasteiger partial charge in [0.1, 0.15) is 5.69 Å². The molecule has 1 saturated carbocycles. The number of rotatable bonds is 8. The van der Waals surface area contributed by atoms with Gasteiger partial charge in [0.25, 0.3) is 5.89 Å². The molecule has 0 aliphatic heterocycles. The summed E-state index contributed by atoms with van der Waals surface area (Å²) in [5.74, 6) is -0.608. The average molecular weight is 436 g/mol. The summed E-state index contributed by atoms with van der Waals surface area (Å²) in [6, 6.07) is 16.3. The van der Waals surface area contributed by atoms with Crippen LogP contribution in [-0.4, -0.2) is 31.2 Å². The van der Waals surface area contributed by atoms with Crippen LogP contribution < -0.4 is 5.32 Å². The minimum atomic E-state index is -2.78. The molecule has 0 radical (unpaired) electrons. The molecule has 1 N–H and O–H groups in total. The van der Waals surface area contributed by atoms with Crippen LogP contribution in [0.3, 0.4) is 0 Å². The molecule has 0 atom stereocenters. The molecule has 0 amide bonds. The van der Waals surface area contributed by atoms with Gasteiger partial charge in [-0.2, -0.15) is 8.78 Å². The molecule has 0 bridgehead atoms. The van der Waals surface area contributed by atoms with E-state index in [0.29, 0.717) is 18.2 Å². The average Bonchev–Trinajstić information content (AvgIpc) is 3.44. The van der Waals surface area contributed by atoms with Crippen LogP contribution >= 0.6 is 0 Å². The Morgan fingerprint density at radius 1 is 0.938 bits per heavy atom. The first kappa shape index (κ1) is 20.4. The number of nitrogens with zero attached hydrogens (tertiary/aromatic N) is 5. The fourth-order valence-corrected chi connectivity index (χ4v) is 3.56. The number of benzene rings is 2. The second-order valence-corrected chi connectivity index (χ2v) is 7.95. The van der Waals surface area contributed by atoms with Crippen LogP contribution in [0.15, 0.2) is 59.1 Å². The summed E-state index contributed by atoms with van der Waals surface area (Å²) in [6.07, 6.45) is 3.01. The molecule has 2 aromatic heterocycles. The van der Waals surface area contributed by atoms with E-state index in [1.54, 1.807) is 16.8 Å². The van der Waals surface area contributed by atoms with Crippen LogP contribution in [0.2, 0.25) is 0 Å². The summed E-state index contributed by atoms with van der Waals surface area (Å²) in [7, 11) is 0. The highest BCUT2D eigenvalue weighted by atomic mass is 19.3. The Hall–Kier alpha value is -3.46. The van der Waals surface area contributed by atoms with E-state index in [1.807, 2.05) is 18.3 Å². The van der Waals surface area contributed by atoms with Gasteiger partial charge in [-0.1, -0.05) is 48.0 Å². The predicted molar refractivity (Wildman–Crippen MR) is 114 cm³/mol. The molecule has 7 nitrogen and oxygen atoms in total. The Bertz CT molecular complexity index is 1170. The Balaban J connectivity index is 1.21.